The molecule has 0 saturated carbocycles. The van der Waals surface area contributed by atoms with Crippen molar-refractivity contribution in [1.29, 1.82) is 0 Å². The molecule has 4 aromatic rings. The Hall–Kier alpha value is -4.12. The maximum Gasteiger partial charge on any atom is 0.300 e. The van der Waals surface area contributed by atoms with Gasteiger partial charge in [0, 0.05) is 33.9 Å². The van der Waals surface area contributed by atoms with Gasteiger partial charge in [-0.25, -0.2) is 0 Å². The number of carbonyl (C=O) groups excluding carboxylic acids is 2. The number of aliphatic hydroxyl groups excluding tert-OH is 1. The number of nitrogens with zero attached hydrogens (tertiary/aromatic N) is 1. The third-order valence-electron chi connectivity index (χ3n) is 6.85. The minimum Gasteiger partial charge on any atom is -0.507 e. The minimum atomic E-state index is -0.768. The summed E-state index contributed by atoms with van der Waals surface area (Å²) in [6.07, 6.45) is 1.83. The summed E-state index contributed by atoms with van der Waals surface area (Å²) in [7, 11) is 0. The smallest absolute Gasteiger partial charge is 0.300 e. The summed E-state index contributed by atoms with van der Waals surface area (Å²) in [5.74, 6) is -1.15. The highest BCUT2D eigenvalue weighted by molar-refractivity contribution is 6.52. The highest BCUT2D eigenvalue weighted by Crippen LogP contribution is 2.44. The molecule has 176 valence electrons. The molecule has 5 rings (SSSR count). The standard InChI is InChI=1S/C30H28N2O3/c1-17(2)20-11-13-21(14-12-20)32-27(24-16-31-25-8-6-5-7-22(24)25)26(29(34)30(32)35)28(33)23-15-18(3)9-10-19(23)4/h5-17,27,31,33H,1-4H3/b28-26+. The zero-order chi connectivity index (χ0) is 24.9. The number of benzene rings is 3. The van der Waals surface area contributed by atoms with Crippen LogP contribution < -0.4 is 4.90 Å². The Morgan fingerprint density at radius 2 is 1.69 bits per heavy atom. The number of fused-ring (bicyclic) bond motifs is 1. The topological polar surface area (TPSA) is 73.4 Å². The Morgan fingerprint density at radius 3 is 2.40 bits per heavy atom. The molecule has 1 atom stereocenters. The molecule has 1 fully saturated rings. The first-order valence-electron chi connectivity index (χ1n) is 11.8. The van der Waals surface area contributed by atoms with Gasteiger partial charge in [-0.05, 0) is 55.2 Å². The van der Waals surface area contributed by atoms with Crippen LogP contribution in [0.2, 0.25) is 0 Å². The van der Waals surface area contributed by atoms with Crippen LogP contribution in [0, 0.1) is 13.8 Å². The number of rotatable bonds is 4. The number of aromatic amines is 1. The SMILES string of the molecule is Cc1ccc(C)c(/C(O)=C2\C(=O)C(=O)N(c3ccc(C(C)C)cc3)C2c2c[nH]c3ccccc23)c1. The van der Waals surface area contributed by atoms with E-state index in [2.05, 4.69) is 18.8 Å². The molecule has 0 spiro atoms. The number of hydrogen-bond acceptors (Lipinski definition) is 3. The Morgan fingerprint density at radius 1 is 0.971 bits per heavy atom. The number of aryl methyl sites for hydroxylation is 2. The molecule has 5 nitrogen and oxygen atoms in total. The summed E-state index contributed by atoms with van der Waals surface area (Å²) in [5, 5.41) is 12.4. The molecular weight excluding hydrogens is 436 g/mol. The normalized spacial score (nSPS) is 17.6. The predicted octanol–water partition coefficient (Wildman–Crippen LogP) is 6.53. The summed E-state index contributed by atoms with van der Waals surface area (Å²) in [6.45, 7) is 8.03. The number of Topliss-reactive ketones (excluding diaryl/α,β-unsaturated/α-hetero) is 1. The second-order valence-corrected chi connectivity index (χ2v) is 9.52. The number of H-pyrrole nitrogens is 1. The third-order valence-corrected chi connectivity index (χ3v) is 6.85. The van der Waals surface area contributed by atoms with Crippen LogP contribution in [0.25, 0.3) is 16.7 Å². The number of hydrogen-bond donors (Lipinski definition) is 2. The number of aliphatic hydroxyl groups is 1. The lowest BCUT2D eigenvalue weighted by molar-refractivity contribution is -0.132. The Balaban J connectivity index is 1.77. The third kappa shape index (κ3) is 3.73. The van der Waals surface area contributed by atoms with Gasteiger partial charge in [0.2, 0.25) is 0 Å². The van der Waals surface area contributed by atoms with Crippen molar-refractivity contribution in [3.8, 4) is 0 Å². The van der Waals surface area contributed by atoms with Crippen molar-refractivity contribution < 1.29 is 14.7 Å². The van der Waals surface area contributed by atoms with Crippen molar-refractivity contribution in [1.82, 2.24) is 4.98 Å². The quantitative estimate of drug-likeness (QED) is 0.205. The minimum absolute atomic E-state index is 0.0985. The van der Waals surface area contributed by atoms with E-state index in [4.69, 9.17) is 0 Å². The molecule has 1 aliphatic heterocycles. The number of amides is 1. The van der Waals surface area contributed by atoms with Crippen LogP contribution in [0.1, 0.15) is 53.6 Å². The van der Waals surface area contributed by atoms with Gasteiger partial charge in [0.1, 0.15) is 5.76 Å². The average molecular weight is 465 g/mol. The number of ketones is 1. The lowest BCUT2D eigenvalue weighted by Crippen LogP contribution is -2.29. The summed E-state index contributed by atoms with van der Waals surface area (Å²) < 4.78 is 0. The molecule has 1 aliphatic rings. The van der Waals surface area contributed by atoms with Gasteiger partial charge in [-0.3, -0.25) is 14.5 Å². The van der Waals surface area contributed by atoms with E-state index in [0.29, 0.717) is 17.2 Å². The first-order chi connectivity index (χ1) is 16.8. The van der Waals surface area contributed by atoms with Crippen molar-refractivity contribution in [2.45, 2.75) is 39.7 Å². The molecule has 0 bridgehead atoms. The maximum absolute atomic E-state index is 13.5. The Bertz CT molecular complexity index is 1490. The number of carbonyl (C=O) groups is 2. The fourth-order valence-corrected chi connectivity index (χ4v) is 4.87. The van der Waals surface area contributed by atoms with E-state index in [0.717, 1.165) is 33.2 Å². The number of para-hydroxylation sites is 1. The Labute approximate surface area is 204 Å². The fourth-order valence-electron chi connectivity index (χ4n) is 4.87. The molecule has 2 N–H and O–H groups in total. The molecule has 35 heavy (non-hydrogen) atoms. The van der Waals surface area contributed by atoms with E-state index >= 15 is 0 Å². The van der Waals surface area contributed by atoms with Gasteiger partial charge < -0.3 is 10.1 Å². The van der Waals surface area contributed by atoms with Crippen LogP contribution in [0.5, 0.6) is 0 Å². The van der Waals surface area contributed by atoms with Crippen LogP contribution in [0.4, 0.5) is 5.69 Å². The second-order valence-electron chi connectivity index (χ2n) is 9.52. The molecule has 1 saturated heterocycles. The molecule has 0 radical (unpaired) electrons. The zero-order valence-corrected chi connectivity index (χ0v) is 20.3. The van der Waals surface area contributed by atoms with Crippen LogP contribution in [0.15, 0.2) is 78.5 Å². The number of nitrogens with one attached hydrogen (secondary N) is 1. The van der Waals surface area contributed by atoms with Gasteiger partial charge in [-0.2, -0.15) is 0 Å². The van der Waals surface area contributed by atoms with E-state index < -0.39 is 17.7 Å². The summed E-state index contributed by atoms with van der Waals surface area (Å²) in [6, 6.07) is 20.4. The van der Waals surface area contributed by atoms with Crippen LogP contribution >= 0.6 is 0 Å². The fraction of sp³-hybridized carbons (Fsp3) is 0.200. The molecule has 5 heteroatoms. The molecule has 1 unspecified atom stereocenters. The van der Waals surface area contributed by atoms with Gasteiger partial charge in [-0.15, -0.1) is 0 Å². The lowest BCUT2D eigenvalue weighted by atomic mass is 9.93. The van der Waals surface area contributed by atoms with E-state index in [1.807, 2.05) is 86.8 Å². The van der Waals surface area contributed by atoms with Crippen molar-refractivity contribution in [3.05, 3.63) is 106 Å². The molecule has 0 aliphatic carbocycles. The monoisotopic (exact) mass is 464 g/mol. The van der Waals surface area contributed by atoms with Crippen molar-refractivity contribution in [3.63, 3.8) is 0 Å². The zero-order valence-electron chi connectivity index (χ0n) is 20.3. The van der Waals surface area contributed by atoms with E-state index in [9.17, 15) is 14.7 Å². The van der Waals surface area contributed by atoms with E-state index in [-0.39, 0.29) is 11.3 Å². The number of aromatic nitrogens is 1. The summed E-state index contributed by atoms with van der Waals surface area (Å²) in [5.41, 5.74) is 5.87. The molecular formula is C30H28N2O3. The summed E-state index contributed by atoms with van der Waals surface area (Å²) in [4.78, 5) is 31.8. The highest BCUT2D eigenvalue weighted by Gasteiger charge is 2.47. The van der Waals surface area contributed by atoms with Crippen LogP contribution in [-0.2, 0) is 9.59 Å². The molecule has 2 heterocycles. The van der Waals surface area contributed by atoms with Crippen LogP contribution in [0.3, 0.4) is 0 Å². The first kappa shape index (κ1) is 22.7. The lowest BCUT2D eigenvalue weighted by Gasteiger charge is -2.25. The van der Waals surface area contributed by atoms with Crippen molar-refractivity contribution in [2.24, 2.45) is 0 Å². The Kier molecular flexibility index (Phi) is 5.56. The van der Waals surface area contributed by atoms with Gasteiger partial charge >= 0.3 is 0 Å². The highest BCUT2D eigenvalue weighted by atomic mass is 16.3. The van der Waals surface area contributed by atoms with E-state index in [1.54, 1.807) is 0 Å². The van der Waals surface area contributed by atoms with Gasteiger partial charge in [0.25, 0.3) is 11.7 Å². The largest absolute Gasteiger partial charge is 0.507 e. The first-order valence-corrected chi connectivity index (χ1v) is 11.8. The second kappa shape index (κ2) is 8.58. The molecule has 3 aromatic carbocycles. The molecule has 1 amide bonds. The van der Waals surface area contributed by atoms with Gasteiger partial charge in [-0.1, -0.05) is 61.9 Å². The molecule has 1 aromatic heterocycles. The van der Waals surface area contributed by atoms with Crippen molar-refractivity contribution in [2.75, 3.05) is 4.90 Å². The van der Waals surface area contributed by atoms with Crippen LogP contribution in [-0.4, -0.2) is 21.8 Å². The maximum atomic E-state index is 13.5. The number of anilines is 1. The van der Waals surface area contributed by atoms with Gasteiger partial charge in [0.05, 0.1) is 11.6 Å². The summed E-state index contributed by atoms with van der Waals surface area (Å²) >= 11 is 0. The van der Waals surface area contributed by atoms with Gasteiger partial charge in [0.15, 0.2) is 0 Å². The predicted molar refractivity (Wildman–Crippen MR) is 140 cm³/mol. The average Bonchev–Trinajstić information content (AvgIpc) is 3.39. The van der Waals surface area contributed by atoms with Crippen molar-refractivity contribution >= 4 is 34.0 Å². The van der Waals surface area contributed by atoms with E-state index in [1.165, 1.54) is 4.90 Å².